The molecule has 0 aromatic heterocycles. The van der Waals surface area contributed by atoms with Crippen LogP contribution < -0.4 is 4.46 Å². The first-order valence-electron chi connectivity index (χ1n) is 5.15. The third-order valence-electron chi connectivity index (χ3n) is 2.22. The maximum atomic E-state index is 3.27. The van der Waals surface area contributed by atoms with Crippen LogP contribution in [0.5, 0.6) is 0 Å². The zero-order valence-electron chi connectivity index (χ0n) is 9.10. The van der Waals surface area contributed by atoms with E-state index in [0.29, 0.717) is 0 Å². The molecule has 0 heterocycles. The molecule has 1 heteroatoms. The van der Waals surface area contributed by atoms with Gasteiger partial charge in [-0.3, -0.25) is 0 Å². The summed E-state index contributed by atoms with van der Waals surface area (Å²) in [6.07, 6.45) is 0. The van der Waals surface area contributed by atoms with E-state index in [-0.39, 0.29) is 15.0 Å². The SMILES string of the molecule is Cc1ccccc1[Se]C#Cc1ccccc1. The van der Waals surface area contributed by atoms with Gasteiger partial charge in [-0.1, -0.05) is 0 Å². The maximum absolute atomic E-state index is 3.27. The van der Waals surface area contributed by atoms with Gasteiger partial charge in [-0.15, -0.1) is 0 Å². The summed E-state index contributed by atoms with van der Waals surface area (Å²) in [5.74, 6) is 3.20. The van der Waals surface area contributed by atoms with E-state index in [1.54, 1.807) is 0 Å². The van der Waals surface area contributed by atoms with Crippen LogP contribution in [0.25, 0.3) is 0 Å². The van der Waals surface area contributed by atoms with Crippen molar-refractivity contribution in [2.45, 2.75) is 6.92 Å². The molecule has 16 heavy (non-hydrogen) atoms. The second-order valence-electron chi connectivity index (χ2n) is 3.46. The molecule has 0 spiro atoms. The summed E-state index contributed by atoms with van der Waals surface area (Å²) in [4.78, 5) is 3.27. The van der Waals surface area contributed by atoms with E-state index in [4.69, 9.17) is 0 Å². The molecule has 0 bridgehead atoms. The first-order valence-corrected chi connectivity index (χ1v) is 6.86. The molecule has 0 saturated carbocycles. The molecule has 0 aliphatic rings. The van der Waals surface area contributed by atoms with Crippen LogP contribution in [0.3, 0.4) is 0 Å². The minimum absolute atomic E-state index is 0.251. The van der Waals surface area contributed by atoms with Gasteiger partial charge < -0.3 is 0 Å². The van der Waals surface area contributed by atoms with Gasteiger partial charge in [0.1, 0.15) is 0 Å². The van der Waals surface area contributed by atoms with Gasteiger partial charge in [-0.25, -0.2) is 0 Å². The molecule has 0 N–H and O–H groups in total. The summed E-state index contributed by atoms with van der Waals surface area (Å²) < 4.78 is 1.37. The van der Waals surface area contributed by atoms with Crippen molar-refractivity contribution in [2.75, 3.05) is 0 Å². The fourth-order valence-corrected chi connectivity index (χ4v) is 2.70. The molecule has 0 aliphatic carbocycles. The number of rotatable bonds is 1. The Kier molecular flexibility index (Phi) is 3.83. The van der Waals surface area contributed by atoms with Gasteiger partial charge in [0.15, 0.2) is 0 Å². The molecular weight excluding hydrogens is 259 g/mol. The van der Waals surface area contributed by atoms with Gasteiger partial charge >= 0.3 is 103 Å². The normalized spacial score (nSPS) is 9.31. The van der Waals surface area contributed by atoms with Crippen molar-refractivity contribution < 1.29 is 0 Å². The van der Waals surface area contributed by atoms with Crippen LogP contribution in [-0.4, -0.2) is 15.0 Å². The van der Waals surface area contributed by atoms with Crippen molar-refractivity contribution in [3.63, 3.8) is 0 Å². The van der Waals surface area contributed by atoms with E-state index in [1.807, 2.05) is 30.3 Å². The van der Waals surface area contributed by atoms with Crippen molar-refractivity contribution >= 4 is 19.4 Å². The van der Waals surface area contributed by atoms with E-state index < -0.39 is 0 Å². The Balaban J connectivity index is 2.09. The number of benzene rings is 2. The molecule has 2 rings (SSSR count). The molecule has 2 aromatic rings. The third kappa shape index (κ3) is 3.00. The van der Waals surface area contributed by atoms with E-state index in [9.17, 15) is 0 Å². The van der Waals surface area contributed by atoms with Crippen LogP contribution >= 0.6 is 0 Å². The van der Waals surface area contributed by atoms with Crippen LogP contribution in [0, 0.1) is 17.7 Å². The fraction of sp³-hybridized carbons (Fsp3) is 0.0667. The molecule has 2 aromatic carbocycles. The average Bonchev–Trinajstić information content (AvgIpc) is 2.33. The molecular formula is C15H12Se. The van der Waals surface area contributed by atoms with Crippen molar-refractivity contribution in [1.82, 2.24) is 0 Å². The summed E-state index contributed by atoms with van der Waals surface area (Å²) in [5, 5.41) is 0. The number of hydrogen-bond acceptors (Lipinski definition) is 0. The van der Waals surface area contributed by atoms with Gasteiger partial charge in [-0.05, 0) is 0 Å². The Bertz CT molecular complexity index is 518. The van der Waals surface area contributed by atoms with Gasteiger partial charge in [0, 0.05) is 0 Å². The zero-order chi connectivity index (χ0) is 11.2. The fourth-order valence-electron chi connectivity index (χ4n) is 1.33. The molecule has 0 unspecified atom stereocenters. The Hall–Kier alpha value is -1.48. The molecule has 0 atom stereocenters. The van der Waals surface area contributed by atoms with Crippen molar-refractivity contribution in [3.8, 4) is 10.7 Å². The van der Waals surface area contributed by atoms with Gasteiger partial charge in [0.05, 0.1) is 0 Å². The predicted octanol–water partition coefficient (Wildman–Crippen LogP) is 2.33. The van der Waals surface area contributed by atoms with Gasteiger partial charge in [0.2, 0.25) is 0 Å². The molecule has 0 radical (unpaired) electrons. The predicted molar refractivity (Wildman–Crippen MR) is 69.9 cm³/mol. The van der Waals surface area contributed by atoms with Crippen LogP contribution in [0.4, 0.5) is 0 Å². The first-order chi connectivity index (χ1) is 7.86. The summed E-state index contributed by atoms with van der Waals surface area (Å²) in [5.41, 5.74) is 2.43. The zero-order valence-corrected chi connectivity index (χ0v) is 10.8. The average molecular weight is 271 g/mol. The summed E-state index contributed by atoms with van der Waals surface area (Å²) in [6.45, 7) is 2.14. The van der Waals surface area contributed by atoms with Crippen LogP contribution in [0.2, 0.25) is 0 Å². The first kappa shape index (κ1) is 11.0. The second kappa shape index (κ2) is 5.56. The third-order valence-corrected chi connectivity index (χ3v) is 4.07. The minimum atomic E-state index is 0.251. The Labute approximate surface area is 103 Å². The Morgan fingerprint density at radius 1 is 0.875 bits per heavy atom. The number of aryl methyl sites for hydroxylation is 1. The van der Waals surface area contributed by atoms with Crippen LogP contribution in [0.15, 0.2) is 54.6 Å². The molecule has 0 nitrogen and oxygen atoms in total. The molecule has 0 amide bonds. The summed E-state index contributed by atoms with van der Waals surface area (Å²) in [7, 11) is 0. The topological polar surface area (TPSA) is 0 Å². The van der Waals surface area contributed by atoms with Crippen LogP contribution in [0.1, 0.15) is 11.1 Å². The monoisotopic (exact) mass is 272 g/mol. The van der Waals surface area contributed by atoms with Gasteiger partial charge in [0.25, 0.3) is 0 Å². The van der Waals surface area contributed by atoms with E-state index in [2.05, 4.69) is 41.9 Å². The molecule has 0 aliphatic heterocycles. The number of hydrogen-bond donors (Lipinski definition) is 0. The molecule has 0 saturated heterocycles. The van der Waals surface area contributed by atoms with Crippen LogP contribution in [-0.2, 0) is 0 Å². The Morgan fingerprint density at radius 2 is 1.56 bits per heavy atom. The summed E-state index contributed by atoms with van der Waals surface area (Å²) in [6, 6.07) is 18.6. The molecule has 0 fully saturated rings. The molecule has 78 valence electrons. The standard InChI is InChI=1S/C15H12Se/c1-13-7-5-6-10-15(13)16-12-11-14-8-3-2-4-9-14/h2-10H,1H3. The van der Waals surface area contributed by atoms with E-state index >= 15 is 0 Å². The van der Waals surface area contributed by atoms with Crippen molar-refractivity contribution in [2.24, 2.45) is 0 Å². The quantitative estimate of drug-likeness (QED) is 0.551. The second-order valence-corrected chi connectivity index (χ2v) is 5.24. The van der Waals surface area contributed by atoms with Crippen molar-refractivity contribution in [1.29, 1.82) is 0 Å². The van der Waals surface area contributed by atoms with E-state index in [1.165, 1.54) is 10.0 Å². The summed E-state index contributed by atoms with van der Waals surface area (Å²) >= 11 is 0.251. The van der Waals surface area contributed by atoms with Crippen molar-refractivity contribution in [3.05, 3.63) is 65.7 Å². The van der Waals surface area contributed by atoms with Gasteiger partial charge in [-0.2, -0.15) is 0 Å². The Morgan fingerprint density at radius 3 is 2.31 bits per heavy atom. The van der Waals surface area contributed by atoms with E-state index in [0.717, 1.165) is 5.56 Å².